The molecule has 4 nitrogen and oxygen atoms in total. The Balaban J connectivity index is 2.63. The van der Waals surface area contributed by atoms with Crippen molar-refractivity contribution in [3.05, 3.63) is 33.8 Å². The highest BCUT2D eigenvalue weighted by molar-refractivity contribution is 7.07. The van der Waals surface area contributed by atoms with Crippen LogP contribution in [0, 0.1) is 0 Å². The predicted molar refractivity (Wildman–Crippen MR) is 46.0 cm³/mol. The summed E-state index contributed by atoms with van der Waals surface area (Å²) in [6.07, 6.45) is 2.87. The van der Waals surface area contributed by atoms with E-state index in [4.69, 9.17) is 0 Å². The van der Waals surface area contributed by atoms with E-state index in [0.29, 0.717) is 11.3 Å². The molecule has 0 aliphatic heterocycles. The van der Waals surface area contributed by atoms with E-state index >= 15 is 0 Å². The Bertz CT molecular complexity index is 420. The van der Waals surface area contributed by atoms with Crippen LogP contribution in [0.1, 0.15) is 0 Å². The molecule has 5 heteroatoms. The molecular formula is C7H5N3OS. The molecule has 0 amide bonds. The first-order valence-electron chi connectivity index (χ1n) is 3.29. The van der Waals surface area contributed by atoms with Crippen LogP contribution in [0.2, 0.25) is 0 Å². The molecule has 2 heterocycles. The Kier molecular flexibility index (Phi) is 1.71. The highest BCUT2D eigenvalue weighted by Gasteiger charge is 2.03. The lowest BCUT2D eigenvalue weighted by atomic mass is 10.3. The van der Waals surface area contributed by atoms with Gasteiger partial charge in [-0.3, -0.25) is 4.79 Å². The summed E-state index contributed by atoms with van der Waals surface area (Å²) in [5.41, 5.74) is 2.71. The average molecular weight is 179 g/mol. The van der Waals surface area contributed by atoms with Crippen LogP contribution in [0.15, 0.2) is 28.2 Å². The maximum Gasteiger partial charge on any atom is 0.260 e. The normalized spacial score (nSPS) is 10.0. The van der Waals surface area contributed by atoms with Gasteiger partial charge in [0, 0.05) is 11.6 Å². The number of thiazole rings is 1. The van der Waals surface area contributed by atoms with Crippen molar-refractivity contribution in [1.29, 1.82) is 0 Å². The molecule has 1 N–H and O–H groups in total. The van der Waals surface area contributed by atoms with Crippen LogP contribution in [0.4, 0.5) is 0 Å². The molecular weight excluding hydrogens is 174 g/mol. The van der Waals surface area contributed by atoms with Gasteiger partial charge in [-0.15, -0.1) is 11.3 Å². The van der Waals surface area contributed by atoms with Crippen molar-refractivity contribution in [3.63, 3.8) is 0 Å². The van der Waals surface area contributed by atoms with Crippen molar-refractivity contribution >= 4 is 11.3 Å². The quantitative estimate of drug-likeness (QED) is 0.707. The van der Waals surface area contributed by atoms with Gasteiger partial charge in [0.1, 0.15) is 0 Å². The molecule has 2 rings (SSSR count). The van der Waals surface area contributed by atoms with Crippen molar-refractivity contribution in [2.45, 2.75) is 0 Å². The van der Waals surface area contributed by atoms with Gasteiger partial charge in [-0.25, -0.2) is 9.97 Å². The van der Waals surface area contributed by atoms with E-state index in [-0.39, 0.29) is 5.56 Å². The number of nitrogens with one attached hydrogen (secondary N) is 1. The molecule has 12 heavy (non-hydrogen) atoms. The fraction of sp³-hybridized carbons (Fsp3) is 0. The summed E-state index contributed by atoms with van der Waals surface area (Å²) in [6, 6.07) is 0. The summed E-state index contributed by atoms with van der Waals surface area (Å²) < 4.78 is 0. The Labute approximate surface area is 71.9 Å². The molecule has 2 aromatic rings. The van der Waals surface area contributed by atoms with Gasteiger partial charge in [0.25, 0.3) is 5.56 Å². The Morgan fingerprint density at radius 3 is 3.08 bits per heavy atom. The van der Waals surface area contributed by atoms with Crippen LogP contribution < -0.4 is 5.56 Å². The first-order valence-corrected chi connectivity index (χ1v) is 4.23. The molecule has 0 aromatic carbocycles. The third-order valence-electron chi connectivity index (χ3n) is 1.43. The molecule has 0 saturated heterocycles. The van der Waals surface area contributed by atoms with Crippen LogP contribution in [-0.2, 0) is 0 Å². The topological polar surface area (TPSA) is 58.6 Å². The van der Waals surface area contributed by atoms with Crippen LogP contribution in [0.3, 0.4) is 0 Å². The van der Waals surface area contributed by atoms with Crippen molar-refractivity contribution in [3.8, 4) is 11.3 Å². The standard InChI is InChI=1S/C7H5N3OS/c11-7-5(1-8-3-9-7)6-2-12-4-10-6/h1-4H,(H,8,9,11). The van der Waals surface area contributed by atoms with Crippen molar-refractivity contribution in [2.24, 2.45) is 0 Å². The molecule has 0 unspecified atom stereocenters. The fourth-order valence-electron chi connectivity index (χ4n) is 0.872. The van der Waals surface area contributed by atoms with Gasteiger partial charge in [-0.05, 0) is 0 Å². The van der Waals surface area contributed by atoms with Gasteiger partial charge in [0.05, 0.1) is 23.1 Å². The molecule has 60 valence electrons. The van der Waals surface area contributed by atoms with Crippen LogP contribution in [0.5, 0.6) is 0 Å². The largest absolute Gasteiger partial charge is 0.313 e. The van der Waals surface area contributed by atoms with E-state index in [1.807, 2.05) is 5.38 Å². The Morgan fingerprint density at radius 1 is 1.50 bits per heavy atom. The van der Waals surface area contributed by atoms with E-state index in [0.717, 1.165) is 0 Å². The van der Waals surface area contributed by atoms with E-state index in [2.05, 4.69) is 15.0 Å². The summed E-state index contributed by atoms with van der Waals surface area (Å²) in [4.78, 5) is 21.5. The zero-order chi connectivity index (χ0) is 8.39. The molecule has 0 fully saturated rings. The first-order chi connectivity index (χ1) is 5.88. The molecule has 0 spiro atoms. The van der Waals surface area contributed by atoms with Gasteiger partial charge in [0.2, 0.25) is 0 Å². The summed E-state index contributed by atoms with van der Waals surface area (Å²) >= 11 is 1.45. The van der Waals surface area contributed by atoms with Gasteiger partial charge in [-0.2, -0.15) is 0 Å². The fourth-order valence-corrected chi connectivity index (χ4v) is 1.42. The Hall–Kier alpha value is -1.49. The summed E-state index contributed by atoms with van der Waals surface area (Å²) in [7, 11) is 0. The molecule has 0 aliphatic carbocycles. The Morgan fingerprint density at radius 2 is 2.42 bits per heavy atom. The molecule has 0 radical (unpaired) electrons. The first kappa shape index (κ1) is 7.17. The third-order valence-corrected chi connectivity index (χ3v) is 2.01. The third kappa shape index (κ3) is 1.14. The summed E-state index contributed by atoms with van der Waals surface area (Å²) in [5.74, 6) is 0. The SMILES string of the molecule is O=c1[nH]cncc1-c1cscn1. The van der Waals surface area contributed by atoms with E-state index < -0.39 is 0 Å². The van der Waals surface area contributed by atoms with Crippen LogP contribution >= 0.6 is 11.3 Å². The predicted octanol–water partition coefficient (Wildman–Crippen LogP) is 0.893. The summed E-state index contributed by atoms with van der Waals surface area (Å²) in [5, 5.41) is 1.81. The van der Waals surface area contributed by atoms with Crippen LogP contribution in [0.25, 0.3) is 11.3 Å². The van der Waals surface area contributed by atoms with Gasteiger partial charge < -0.3 is 4.98 Å². The minimum Gasteiger partial charge on any atom is -0.313 e. The zero-order valence-electron chi connectivity index (χ0n) is 6.02. The zero-order valence-corrected chi connectivity index (χ0v) is 6.84. The lowest BCUT2D eigenvalue weighted by molar-refractivity contribution is 1.12. The minimum absolute atomic E-state index is 0.157. The number of hydrogen-bond acceptors (Lipinski definition) is 4. The molecule has 2 aromatic heterocycles. The number of nitrogens with zero attached hydrogens (tertiary/aromatic N) is 2. The highest BCUT2D eigenvalue weighted by Crippen LogP contribution is 2.12. The second kappa shape index (κ2) is 2.86. The van der Waals surface area contributed by atoms with Crippen molar-refractivity contribution in [2.75, 3.05) is 0 Å². The van der Waals surface area contributed by atoms with Crippen molar-refractivity contribution < 1.29 is 0 Å². The molecule has 0 atom stereocenters. The highest BCUT2D eigenvalue weighted by atomic mass is 32.1. The number of aromatic nitrogens is 3. The van der Waals surface area contributed by atoms with E-state index in [1.54, 1.807) is 5.51 Å². The smallest absolute Gasteiger partial charge is 0.260 e. The monoisotopic (exact) mass is 179 g/mol. The maximum absolute atomic E-state index is 11.2. The molecule has 0 aliphatic rings. The van der Waals surface area contributed by atoms with Crippen LogP contribution in [-0.4, -0.2) is 15.0 Å². The number of aromatic amines is 1. The second-order valence-electron chi connectivity index (χ2n) is 2.17. The molecule has 0 saturated carbocycles. The maximum atomic E-state index is 11.2. The minimum atomic E-state index is -0.157. The second-order valence-corrected chi connectivity index (χ2v) is 2.89. The van der Waals surface area contributed by atoms with E-state index in [9.17, 15) is 4.79 Å². The average Bonchev–Trinajstić information content (AvgIpc) is 2.57. The van der Waals surface area contributed by atoms with Gasteiger partial charge in [0.15, 0.2) is 0 Å². The molecule has 0 bridgehead atoms. The van der Waals surface area contributed by atoms with E-state index in [1.165, 1.54) is 23.9 Å². The van der Waals surface area contributed by atoms with Gasteiger partial charge >= 0.3 is 0 Å². The van der Waals surface area contributed by atoms with Crippen molar-refractivity contribution in [1.82, 2.24) is 15.0 Å². The number of hydrogen-bond donors (Lipinski definition) is 1. The van der Waals surface area contributed by atoms with Gasteiger partial charge in [-0.1, -0.05) is 0 Å². The number of rotatable bonds is 1. The number of H-pyrrole nitrogens is 1. The summed E-state index contributed by atoms with van der Waals surface area (Å²) in [6.45, 7) is 0. The lowest BCUT2D eigenvalue weighted by Crippen LogP contribution is -2.08. The lowest BCUT2D eigenvalue weighted by Gasteiger charge is -1.91.